The Morgan fingerprint density at radius 3 is 1.54 bits per heavy atom. The van der Waals surface area contributed by atoms with Crippen LogP contribution in [-0.4, -0.2) is 54.2 Å². The molecule has 2 unspecified atom stereocenters. The number of hydrogen-bond acceptors (Lipinski definition) is 11. The minimum atomic E-state index is -0.471. The molecule has 0 spiro atoms. The number of ketones is 2. The molecule has 3 heterocycles. The highest BCUT2D eigenvalue weighted by Crippen LogP contribution is 2.35. The van der Waals surface area contributed by atoms with Gasteiger partial charge < -0.3 is 43.4 Å². The first-order valence-corrected chi connectivity index (χ1v) is 23.5. The Hall–Kier alpha value is -5.92. The molecular formula is C53H49Cl4O11+. The van der Waals surface area contributed by atoms with Gasteiger partial charge >= 0.3 is 1.43 Å². The van der Waals surface area contributed by atoms with Gasteiger partial charge in [0.05, 0.1) is 47.3 Å². The topological polar surface area (TPSA) is 139 Å². The molecule has 0 aromatic heterocycles. The lowest BCUT2D eigenvalue weighted by Crippen LogP contribution is -2.25. The Labute approximate surface area is 416 Å². The SMILES string of the molecule is C1=COCCC1.O=C(c1cc(Cl)ccc1Cl)c1cc(Oc2ccc(OC3CCCCO3)cc2)ccc1OC1CCCCO1.O=C(c1cc(Oc2ccc(O)cc2)ccc1O)c1cc(Cl)ccc1Cl.[H+]. The number of carbonyl (C=O) groups is 2. The largest absolute Gasteiger partial charge is 1.00 e. The molecule has 9 rings (SSSR count). The van der Waals surface area contributed by atoms with Crippen LogP contribution in [0.15, 0.2) is 134 Å². The van der Waals surface area contributed by atoms with Crippen molar-refractivity contribution in [1.82, 2.24) is 0 Å². The third-order valence-electron chi connectivity index (χ3n) is 10.5. The number of phenolic OH excluding ortho intramolecular Hbond substituents is 2. The Balaban J connectivity index is 0.000000210. The standard InChI is InChI=1S/C29H28Cl2O6.C19H12Cl2O4.C5H8O/c30-19-7-13-25(31)23(17-19)29(32)24-18-22(12-14-26(24)37-28-6-2-4-16-34-28)35-20-8-10-21(11-9-20)36-27-5-1-3-15-33-27;20-11-1-7-17(21)15(9-11)19(24)16-10-14(6-8-18(16)23)25-13-4-2-12(22)3-5-13;1-2-4-6-5-3-1/h7-14,17-18,27-28H,1-6,15-16H2;1-10,22-23H;2,4H,1,3,5H2/p+1. The zero-order valence-electron chi connectivity index (χ0n) is 37.7. The lowest BCUT2D eigenvalue weighted by Gasteiger charge is -2.24. The second kappa shape index (κ2) is 24.9. The number of benzene rings is 6. The summed E-state index contributed by atoms with van der Waals surface area (Å²) in [6, 6.07) is 32.2. The van der Waals surface area contributed by atoms with Crippen LogP contribution >= 0.6 is 46.4 Å². The first kappa shape index (κ1) is 50.0. The molecule has 0 bridgehead atoms. The maximum Gasteiger partial charge on any atom is 1.00 e. The molecule has 3 aliphatic heterocycles. The maximum atomic E-state index is 13.6. The van der Waals surface area contributed by atoms with E-state index in [-0.39, 0.29) is 46.7 Å². The molecule has 6 aromatic carbocycles. The highest BCUT2D eigenvalue weighted by molar-refractivity contribution is 6.37. The molecule has 68 heavy (non-hydrogen) atoms. The molecule has 2 saturated heterocycles. The van der Waals surface area contributed by atoms with Crippen LogP contribution in [0.2, 0.25) is 20.1 Å². The molecule has 11 nitrogen and oxygen atoms in total. The number of phenols is 2. The summed E-state index contributed by atoms with van der Waals surface area (Å²) in [4.78, 5) is 26.3. The first-order chi connectivity index (χ1) is 33.0. The van der Waals surface area contributed by atoms with Crippen molar-refractivity contribution in [2.75, 3.05) is 19.8 Å². The normalized spacial score (nSPS) is 16.4. The summed E-state index contributed by atoms with van der Waals surface area (Å²) >= 11 is 24.5. The third kappa shape index (κ3) is 14.5. The van der Waals surface area contributed by atoms with Crippen LogP contribution in [0.25, 0.3) is 0 Å². The summed E-state index contributed by atoms with van der Waals surface area (Å²) in [5, 5.41) is 20.7. The van der Waals surface area contributed by atoms with Gasteiger partial charge in [0.15, 0.2) is 24.1 Å². The van der Waals surface area contributed by atoms with Crippen molar-refractivity contribution in [3.05, 3.63) is 176 Å². The number of rotatable bonds is 12. The number of ether oxygens (including phenoxy) is 7. The molecule has 354 valence electrons. The molecule has 0 saturated carbocycles. The second-order valence-electron chi connectivity index (χ2n) is 15.6. The van der Waals surface area contributed by atoms with Gasteiger partial charge in [-0.05, 0) is 166 Å². The van der Waals surface area contributed by atoms with Crippen molar-refractivity contribution in [2.45, 2.75) is 63.9 Å². The van der Waals surface area contributed by atoms with Crippen molar-refractivity contribution in [3.63, 3.8) is 0 Å². The van der Waals surface area contributed by atoms with Gasteiger partial charge in [-0.25, -0.2) is 0 Å². The molecule has 6 aromatic rings. The van der Waals surface area contributed by atoms with E-state index in [1.54, 1.807) is 60.9 Å². The molecule has 2 fully saturated rings. The zero-order chi connectivity index (χ0) is 47.8. The van der Waals surface area contributed by atoms with Crippen LogP contribution in [0.5, 0.6) is 46.0 Å². The summed E-state index contributed by atoms with van der Waals surface area (Å²) < 4.78 is 39.9. The van der Waals surface area contributed by atoms with Crippen molar-refractivity contribution < 1.29 is 54.4 Å². The van der Waals surface area contributed by atoms with E-state index in [0.29, 0.717) is 61.7 Å². The highest BCUT2D eigenvalue weighted by atomic mass is 35.5. The number of aromatic hydroxyl groups is 2. The monoisotopic (exact) mass is 1000 g/mol. The van der Waals surface area contributed by atoms with Gasteiger partial charge in [-0.2, -0.15) is 0 Å². The van der Waals surface area contributed by atoms with Gasteiger partial charge in [-0.15, -0.1) is 0 Å². The van der Waals surface area contributed by atoms with Gasteiger partial charge in [0.2, 0.25) is 0 Å². The first-order valence-electron chi connectivity index (χ1n) is 22.0. The van der Waals surface area contributed by atoms with E-state index in [1.807, 2.05) is 30.3 Å². The molecule has 2 atom stereocenters. The Morgan fingerprint density at radius 1 is 0.515 bits per heavy atom. The van der Waals surface area contributed by atoms with E-state index >= 15 is 0 Å². The van der Waals surface area contributed by atoms with Crippen molar-refractivity contribution in [2.24, 2.45) is 0 Å². The zero-order valence-corrected chi connectivity index (χ0v) is 39.7. The molecule has 15 heteroatoms. The quantitative estimate of drug-likeness (QED) is 0.113. The summed E-state index contributed by atoms with van der Waals surface area (Å²) in [7, 11) is 0. The molecule has 3 aliphatic rings. The van der Waals surface area contributed by atoms with Gasteiger partial charge in [0, 0.05) is 34.0 Å². The molecule has 0 amide bonds. The summed E-state index contributed by atoms with van der Waals surface area (Å²) in [5.41, 5.74) is 0.823. The summed E-state index contributed by atoms with van der Waals surface area (Å²) in [5.74, 6) is 2.14. The van der Waals surface area contributed by atoms with Crippen molar-refractivity contribution >= 4 is 58.0 Å². The van der Waals surface area contributed by atoms with E-state index in [4.69, 9.17) is 79.6 Å². The van der Waals surface area contributed by atoms with Crippen LogP contribution in [0.4, 0.5) is 0 Å². The van der Waals surface area contributed by atoms with E-state index in [1.165, 1.54) is 55.3 Å². The predicted octanol–water partition coefficient (Wildman–Crippen LogP) is 14.7. The third-order valence-corrected chi connectivity index (χ3v) is 11.6. The average Bonchev–Trinajstić information content (AvgIpc) is 3.36. The molecule has 0 aliphatic carbocycles. The van der Waals surface area contributed by atoms with E-state index in [0.717, 1.165) is 51.7 Å². The maximum absolute atomic E-state index is 13.6. The van der Waals surface area contributed by atoms with Gasteiger partial charge in [-0.1, -0.05) is 46.4 Å². The van der Waals surface area contributed by atoms with Crippen LogP contribution in [0, 0.1) is 0 Å². The minimum absolute atomic E-state index is 0. The fraction of sp³-hybridized carbons (Fsp3) is 0.245. The fourth-order valence-corrected chi connectivity index (χ4v) is 7.76. The summed E-state index contributed by atoms with van der Waals surface area (Å²) in [6.07, 6.45) is 11.4. The van der Waals surface area contributed by atoms with Crippen LogP contribution < -0.4 is 18.9 Å². The number of allylic oxidation sites excluding steroid dienone is 1. The number of hydrogen-bond donors (Lipinski definition) is 2. The Morgan fingerprint density at radius 2 is 1.03 bits per heavy atom. The van der Waals surface area contributed by atoms with Crippen molar-refractivity contribution in [3.8, 4) is 46.0 Å². The van der Waals surface area contributed by atoms with Gasteiger partial charge in [-0.3, -0.25) is 9.59 Å². The van der Waals surface area contributed by atoms with E-state index in [9.17, 15) is 19.8 Å². The van der Waals surface area contributed by atoms with Gasteiger partial charge in [0.1, 0.15) is 46.0 Å². The lowest BCUT2D eigenvalue weighted by atomic mass is 10.0. The average molecular weight is 1000 g/mol. The number of halogens is 4. The highest BCUT2D eigenvalue weighted by Gasteiger charge is 2.24. The van der Waals surface area contributed by atoms with Crippen LogP contribution in [-0.2, 0) is 14.2 Å². The Kier molecular flexibility index (Phi) is 18.3. The summed E-state index contributed by atoms with van der Waals surface area (Å²) in [6.45, 7) is 2.26. The second-order valence-corrected chi connectivity index (χ2v) is 17.3. The molecule has 0 radical (unpaired) electrons. The molecular weight excluding hydrogens is 954 g/mol. The van der Waals surface area contributed by atoms with Crippen molar-refractivity contribution in [1.29, 1.82) is 0 Å². The molecule has 2 N–H and O–H groups in total. The smallest absolute Gasteiger partial charge is 0.508 e. The minimum Gasteiger partial charge on any atom is -0.508 e. The van der Waals surface area contributed by atoms with Gasteiger partial charge in [0.25, 0.3) is 0 Å². The lowest BCUT2D eigenvalue weighted by molar-refractivity contribution is -0.106. The van der Waals surface area contributed by atoms with E-state index in [2.05, 4.69) is 0 Å². The fourth-order valence-electron chi connectivity index (χ4n) is 7.01. The Bertz CT molecular complexity index is 2660. The van der Waals surface area contributed by atoms with Crippen LogP contribution in [0.1, 0.15) is 84.6 Å². The van der Waals surface area contributed by atoms with Crippen LogP contribution in [0.3, 0.4) is 0 Å². The number of carbonyl (C=O) groups excluding carboxylic acids is 2. The van der Waals surface area contributed by atoms with E-state index < -0.39 is 12.1 Å². The predicted molar refractivity (Wildman–Crippen MR) is 263 cm³/mol.